The number of halogens is 5. The molecular weight excluding hydrogens is 1640 g/mol. The fourth-order valence-electron chi connectivity index (χ4n) is 11.1. The molecule has 4 aromatic carbocycles. The Hall–Kier alpha value is -11.6. The molecule has 16 aromatic rings. The van der Waals surface area contributed by atoms with Gasteiger partial charge in [-0.3, -0.25) is 19.9 Å². The van der Waals surface area contributed by atoms with E-state index in [1.165, 1.54) is 0 Å². The standard InChI is InChI=1S/2C20H18BrN5O2.C19H16BrN5O.C18H13BrClN5/c1-27-17-4-3-14(9-18(17)28-2)16-10-19(23-11-13-5-7-22-8-6-13)26-20(25-16)15(21)12-24-26;1-27-17-6-5-14(8-18(17)28-2)16-9-19(23-11-13-4-3-7-22-10-13)26-20(25-16)15(21)12-24-26;1-26-17-7-3-2-6-14(17)16-9-18(22-11-13-5-4-8-21-10-13)25-19(24-16)15(20)12-23-25;19-15-11-23-25-17(22-10-12-2-1-7-21-9-12)8-16(24-18(15)25)13-3-5-14(20)6-4-13/h2*3-10,12,23H,11H2,1-2H3;2-10,12,22H,11H2,1H3;1-9,11,22H,10H2. The number of methoxy groups -OCH3 is 5. The van der Waals surface area contributed by atoms with Crippen molar-refractivity contribution in [3.63, 3.8) is 0 Å². The molecule has 0 radical (unpaired) electrons. The minimum atomic E-state index is 0.621. The summed E-state index contributed by atoms with van der Waals surface area (Å²) in [6.07, 6.45) is 21.3. The molecule has 16 rings (SSSR count). The molecule has 0 saturated heterocycles. The number of benzene rings is 4. The van der Waals surface area contributed by atoms with Crippen LogP contribution >= 0.6 is 75.3 Å². The summed E-state index contributed by atoms with van der Waals surface area (Å²) in [5.74, 6) is 6.77. The van der Waals surface area contributed by atoms with Crippen LogP contribution in [-0.2, 0) is 26.2 Å². The molecule has 0 saturated carbocycles. The van der Waals surface area contributed by atoms with Gasteiger partial charge in [-0.05, 0) is 177 Å². The van der Waals surface area contributed by atoms with Crippen molar-refractivity contribution in [2.75, 3.05) is 56.8 Å². The predicted molar refractivity (Wildman–Crippen MR) is 429 cm³/mol. The minimum Gasteiger partial charge on any atom is -0.496 e. The molecule has 0 bridgehead atoms. The Balaban J connectivity index is 0.000000126. The van der Waals surface area contributed by atoms with Crippen LogP contribution in [0.25, 0.3) is 67.6 Å². The zero-order valence-corrected chi connectivity index (χ0v) is 65.0. The highest BCUT2D eigenvalue weighted by molar-refractivity contribution is 9.11. The van der Waals surface area contributed by atoms with E-state index < -0.39 is 0 Å². The highest BCUT2D eigenvalue weighted by atomic mass is 79.9. The SMILES string of the molecule is COc1ccc(-c2cc(NCc3cccnc3)n3ncc(Br)c3n2)cc1OC.COc1ccc(-c2cc(NCc3ccncc3)n3ncc(Br)c3n2)cc1OC.COc1ccccc1-c1cc(NCc2cccnc2)n2ncc(Br)c2n1.Clc1ccc(-c2cc(NCc3cccnc3)n3ncc(Br)c3n2)cc1. The molecule has 0 amide bonds. The van der Waals surface area contributed by atoms with E-state index in [2.05, 4.69) is 125 Å². The lowest BCUT2D eigenvalue weighted by atomic mass is 10.1. The number of para-hydroxylation sites is 1. The first-order valence-corrected chi connectivity index (χ1v) is 36.4. The van der Waals surface area contributed by atoms with Crippen molar-refractivity contribution in [3.05, 3.63) is 277 Å². The van der Waals surface area contributed by atoms with Crippen LogP contribution < -0.4 is 45.0 Å². The normalized spacial score (nSPS) is 10.9. The van der Waals surface area contributed by atoms with Crippen molar-refractivity contribution in [1.82, 2.24) is 78.3 Å². The number of hydrogen-bond donors (Lipinski definition) is 4. The molecule has 12 heterocycles. The molecule has 0 atom stereocenters. The fraction of sp³-hybridized carbons (Fsp3) is 0.117. The van der Waals surface area contributed by atoms with Gasteiger partial charge in [0, 0.05) is 127 Å². The summed E-state index contributed by atoms with van der Waals surface area (Å²) in [6.45, 7) is 2.54. The van der Waals surface area contributed by atoms with Gasteiger partial charge in [-0.2, -0.15) is 38.5 Å². The van der Waals surface area contributed by atoms with Gasteiger partial charge in [0.05, 0.1) is 101 Å². The predicted octanol–water partition coefficient (Wildman–Crippen LogP) is 17.4. The van der Waals surface area contributed by atoms with Crippen molar-refractivity contribution >= 4 is 121 Å². The van der Waals surface area contributed by atoms with Crippen LogP contribution in [0, 0.1) is 0 Å². The van der Waals surface area contributed by atoms with Crippen molar-refractivity contribution in [2.45, 2.75) is 26.2 Å². The summed E-state index contributed by atoms with van der Waals surface area (Å²) in [4.78, 5) is 35.5. The van der Waals surface area contributed by atoms with E-state index in [0.29, 0.717) is 54.2 Å². The van der Waals surface area contributed by atoms with E-state index in [-0.39, 0.29) is 0 Å². The molecule has 25 nitrogen and oxygen atoms in total. The van der Waals surface area contributed by atoms with Crippen LogP contribution in [0.1, 0.15) is 22.3 Å². The van der Waals surface area contributed by atoms with Gasteiger partial charge in [-0.15, -0.1) is 0 Å². The first-order chi connectivity index (χ1) is 52.3. The van der Waals surface area contributed by atoms with Gasteiger partial charge in [0.1, 0.15) is 29.0 Å². The lowest BCUT2D eigenvalue weighted by molar-refractivity contribution is 0.355. The molecule has 12 aromatic heterocycles. The van der Waals surface area contributed by atoms with E-state index in [4.69, 9.17) is 55.2 Å². The first-order valence-electron chi connectivity index (χ1n) is 32.9. The maximum atomic E-state index is 5.99. The van der Waals surface area contributed by atoms with Gasteiger partial charge in [-0.25, -0.2) is 19.9 Å². The maximum Gasteiger partial charge on any atom is 0.172 e. The van der Waals surface area contributed by atoms with Gasteiger partial charge in [0.15, 0.2) is 45.6 Å². The second-order valence-corrected chi connectivity index (χ2v) is 27.1. The van der Waals surface area contributed by atoms with Crippen LogP contribution in [0.2, 0.25) is 5.02 Å². The quantitative estimate of drug-likeness (QED) is 0.0521. The molecule has 4 N–H and O–H groups in total. The first kappa shape index (κ1) is 73.7. The summed E-state index contributed by atoms with van der Waals surface area (Å²) in [5, 5.41) is 32.0. The van der Waals surface area contributed by atoms with Gasteiger partial charge >= 0.3 is 0 Å². The second kappa shape index (κ2) is 35.0. The fourth-order valence-corrected chi connectivity index (χ4v) is 12.6. The Bertz CT molecular complexity index is 5510. The van der Waals surface area contributed by atoms with Crippen LogP contribution in [0.3, 0.4) is 0 Å². The maximum absolute atomic E-state index is 5.99. The molecule has 0 aliphatic rings. The highest BCUT2D eigenvalue weighted by Crippen LogP contribution is 2.37. The summed E-state index contributed by atoms with van der Waals surface area (Å²) < 4.78 is 37.4. The Labute approximate surface area is 652 Å². The van der Waals surface area contributed by atoms with Crippen LogP contribution in [0.4, 0.5) is 23.3 Å². The number of ether oxygens (including phenoxy) is 5. The zero-order chi connectivity index (χ0) is 74.2. The van der Waals surface area contributed by atoms with Crippen LogP contribution in [0.5, 0.6) is 28.7 Å². The van der Waals surface area contributed by atoms with Crippen molar-refractivity contribution in [1.29, 1.82) is 0 Å². The highest BCUT2D eigenvalue weighted by Gasteiger charge is 2.19. The molecule has 0 aliphatic heterocycles. The number of anilines is 4. The Kier molecular flexibility index (Phi) is 24.1. The number of nitrogens with one attached hydrogen (secondary N) is 4. The van der Waals surface area contributed by atoms with Gasteiger partial charge in [0.25, 0.3) is 0 Å². The third-order valence-corrected chi connectivity index (χ3v) is 18.9. The van der Waals surface area contributed by atoms with Crippen molar-refractivity contribution in [3.8, 4) is 73.8 Å². The van der Waals surface area contributed by atoms with E-state index in [0.717, 1.165) is 137 Å². The van der Waals surface area contributed by atoms with E-state index >= 15 is 0 Å². The van der Waals surface area contributed by atoms with E-state index in [1.54, 1.807) is 109 Å². The molecule has 107 heavy (non-hydrogen) atoms. The Morgan fingerprint density at radius 1 is 0.318 bits per heavy atom. The summed E-state index contributed by atoms with van der Waals surface area (Å²) >= 11 is 20.1. The molecule has 538 valence electrons. The summed E-state index contributed by atoms with van der Waals surface area (Å²) in [7, 11) is 8.13. The monoisotopic (exact) mass is 1700 g/mol. The van der Waals surface area contributed by atoms with Gasteiger partial charge < -0.3 is 45.0 Å². The van der Waals surface area contributed by atoms with Crippen LogP contribution in [0.15, 0.2) is 250 Å². The molecule has 30 heteroatoms. The summed E-state index contributed by atoms with van der Waals surface area (Å²) in [5.41, 5.74) is 14.3. The van der Waals surface area contributed by atoms with Gasteiger partial charge in [-0.1, -0.05) is 54.1 Å². The number of hydrogen-bond acceptors (Lipinski definition) is 21. The smallest absolute Gasteiger partial charge is 0.172 e. The number of rotatable bonds is 21. The third kappa shape index (κ3) is 17.7. The minimum absolute atomic E-state index is 0.621. The van der Waals surface area contributed by atoms with Crippen molar-refractivity contribution < 1.29 is 23.7 Å². The number of pyridine rings is 4. The van der Waals surface area contributed by atoms with Crippen molar-refractivity contribution in [2.24, 2.45) is 0 Å². The average Bonchev–Trinajstić information content (AvgIpc) is 1.73. The number of aromatic nitrogens is 16. The van der Waals surface area contributed by atoms with E-state index in [1.807, 2.05) is 176 Å². The molecule has 0 fully saturated rings. The third-order valence-electron chi connectivity index (χ3n) is 16.4. The number of fused-ring (bicyclic) bond motifs is 4. The van der Waals surface area contributed by atoms with E-state index in [9.17, 15) is 0 Å². The summed E-state index contributed by atoms with van der Waals surface area (Å²) in [6, 6.07) is 50.6. The Morgan fingerprint density at radius 2 is 0.664 bits per heavy atom. The zero-order valence-electron chi connectivity index (χ0n) is 57.9. The largest absolute Gasteiger partial charge is 0.496 e. The number of nitrogens with zero attached hydrogens (tertiary/aromatic N) is 16. The molecule has 0 unspecified atom stereocenters. The topological polar surface area (TPSA) is 267 Å². The molecule has 0 spiro atoms. The lowest BCUT2D eigenvalue weighted by Gasteiger charge is -2.12. The van der Waals surface area contributed by atoms with Gasteiger partial charge in [0.2, 0.25) is 0 Å². The average molecular weight is 1710 g/mol. The second-order valence-electron chi connectivity index (χ2n) is 23.2. The molecular formula is C77H65Br4ClN20O5. The molecule has 0 aliphatic carbocycles. The Morgan fingerprint density at radius 3 is 1.04 bits per heavy atom. The lowest BCUT2D eigenvalue weighted by Crippen LogP contribution is -2.07. The van der Waals surface area contributed by atoms with Crippen LogP contribution in [-0.4, -0.2) is 114 Å².